The molecule has 0 radical (unpaired) electrons. The number of aliphatic hydroxyl groups is 1. The van der Waals surface area contributed by atoms with Gasteiger partial charge < -0.3 is 15.7 Å². The van der Waals surface area contributed by atoms with Gasteiger partial charge in [-0.05, 0) is 24.3 Å². The Morgan fingerprint density at radius 3 is 2.33 bits per heavy atom. The second-order valence-corrected chi connectivity index (χ2v) is 4.65. The number of hydrogen-bond donors (Lipinski definition) is 2. The first kappa shape index (κ1) is 13.3. The highest BCUT2D eigenvalue weighted by atomic mass is 19.1. The third-order valence-corrected chi connectivity index (χ3v) is 3.31. The molecular weight excluding hydrogens is 233 g/mol. The van der Waals surface area contributed by atoms with E-state index < -0.39 is 6.10 Å². The van der Waals surface area contributed by atoms with Crippen molar-refractivity contribution in [1.82, 2.24) is 4.90 Å². The quantitative estimate of drug-likeness (QED) is 0.808. The van der Waals surface area contributed by atoms with Crippen molar-refractivity contribution in [2.75, 3.05) is 44.2 Å². The van der Waals surface area contributed by atoms with Gasteiger partial charge in [0.25, 0.3) is 0 Å². The first-order valence-electron chi connectivity index (χ1n) is 6.30. The largest absolute Gasteiger partial charge is 0.390 e. The molecule has 1 aliphatic rings. The molecule has 3 N–H and O–H groups in total. The molecule has 1 unspecified atom stereocenters. The number of hydrogen-bond acceptors (Lipinski definition) is 4. The summed E-state index contributed by atoms with van der Waals surface area (Å²) >= 11 is 0. The summed E-state index contributed by atoms with van der Waals surface area (Å²) in [7, 11) is 0. The van der Waals surface area contributed by atoms with Crippen LogP contribution >= 0.6 is 0 Å². The second-order valence-electron chi connectivity index (χ2n) is 4.65. The lowest BCUT2D eigenvalue weighted by atomic mass is 10.2. The third kappa shape index (κ3) is 3.41. The van der Waals surface area contributed by atoms with Crippen LogP contribution in [-0.4, -0.2) is 55.4 Å². The summed E-state index contributed by atoms with van der Waals surface area (Å²) in [5, 5.41) is 9.50. The van der Waals surface area contributed by atoms with E-state index in [4.69, 9.17) is 5.73 Å². The maximum atomic E-state index is 12.8. The molecule has 1 saturated heterocycles. The van der Waals surface area contributed by atoms with Gasteiger partial charge in [0.1, 0.15) is 5.82 Å². The van der Waals surface area contributed by atoms with E-state index in [1.807, 2.05) is 0 Å². The van der Waals surface area contributed by atoms with Gasteiger partial charge in [-0.1, -0.05) is 0 Å². The van der Waals surface area contributed by atoms with Crippen molar-refractivity contribution >= 4 is 5.69 Å². The average Bonchev–Trinajstić information content (AvgIpc) is 2.40. The topological polar surface area (TPSA) is 52.7 Å². The number of nitrogens with two attached hydrogens (primary N) is 1. The normalized spacial score (nSPS) is 18.9. The van der Waals surface area contributed by atoms with Gasteiger partial charge in [0.05, 0.1) is 6.10 Å². The predicted octanol–water partition coefficient (Wildman–Crippen LogP) is 0.267. The van der Waals surface area contributed by atoms with Gasteiger partial charge in [-0.25, -0.2) is 4.39 Å². The molecule has 18 heavy (non-hydrogen) atoms. The number of aliphatic hydroxyl groups excluding tert-OH is 1. The second kappa shape index (κ2) is 6.13. The van der Waals surface area contributed by atoms with Crippen LogP contribution in [0.2, 0.25) is 0 Å². The van der Waals surface area contributed by atoms with Crippen molar-refractivity contribution in [3.8, 4) is 0 Å². The zero-order chi connectivity index (χ0) is 13.0. The molecule has 1 fully saturated rings. The van der Waals surface area contributed by atoms with E-state index in [0.29, 0.717) is 13.1 Å². The molecule has 0 aromatic heterocycles. The highest BCUT2D eigenvalue weighted by molar-refractivity contribution is 5.46. The van der Waals surface area contributed by atoms with Crippen LogP contribution in [0.5, 0.6) is 0 Å². The highest BCUT2D eigenvalue weighted by Crippen LogP contribution is 2.16. The van der Waals surface area contributed by atoms with Crippen LogP contribution in [0.3, 0.4) is 0 Å². The fraction of sp³-hybridized carbons (Fsp3) is 0.538. The molecule has 1 aliphatic heterocycles. The molecule has 1 heterocycles. The minimum atomic E-state index is -0.442. The van der Waals surface area contributed by atoms with Gasteiger partial charge in [0.15, 0.2) is 0 Å². The van der Waals surface area contributed by atoms with Crippen LogP contribution in [0.15, 0.2) is 24.3 Å². The summed E-state index contributed by atoms with van der Waals surface area (Å²) in [5.41, 5.74) is 6.45. The first-order chi connectivity index (χ1) is 8.69. The highest BCUT2D eigenvalue weighted by Gasteiger charge is 2.18. The number of benzene rings is 1. The van der Waals surface area contributed by atoms with Crippen LogP contribution in [0.1, 0.15) is 0 Å². The lowest BCUT2D eigenvalue weighted by molar-refractivity contribution is 0.115. The summed E-state index contributed by atoms with van der Waals surface area (Å²) in [6.45, 7) is 4.51. The minimum Gasteiger partial charge on any atom is -0.390 e. The predicted molar refractivity (Wildman–Crippen MR) is 70.1 cm³/mol. The standard InChI is InChI=1S/C13H20FN3O/c14-11-1-3-12(4-2-11)17-7-5-16(6-8-17)10-13(18)9-15/h1-4,13,18H,5-10,15H2. The van der Waals surface area contributed by atoms with E-state index in [-0.39, 0.29) is 5.82 Å². The summed E-state index contributed by atoms with van der Waals surface area (Å²) in [6, 6.07) is 6.58. The number of β-amino-alcohol motifs (C(OH)–C–C–N with tert-alkyl or cyclic N) is 1. The van der Waals surface area contributed by atoms with Crippen molar-refractivity contribution in [1.29, 1.82) is 0 Å². The van der Waals surface area contributed by atoms with Gasteiger partial charge >= 0.3 is 0 Å². The Kier molecular flexibility index (Phi) is 4.52. The number of nitrogens with zero attached hydrogens (tertiary/aromatic N) is 2. The zero-order valence-electron chi connectivity index (χ0n) is 10.4. The summed E-state index contributed by atoms with van der Waals surface area (Å²) in [6.07, 6.45) is -0.442. The smallest absolute Gasteiger partial charge is 0.123 e. The van der Waals surface area contributed by atoms with E-state index in [0.717, 1.165) is 31.9 Å². The molecule has 1 atom stereocenters. The van der Waals surface area contributed by atoms with Crippen molar-refractivity contribution in [3.05, 3.63) is 30.1 Å². The molecule has 1 aromatic rings. The van der Waals surface area contributed by atoms with E-state index in [9.17, 15) is 9.50 Å². The summed E-state index contributed by atoms with van der Waals surface area (Å²) in [5.74, 6) is -0.205. The number of rotatable bonds is 4. The first-order valence-corrected chi connectivity index (χ1v) is 6.30. The Balaban J connectivity index is 1.84. The lowest BCUT2D eigenvalue weighted by Crippen LogP contribution is -2.49. The SMILES string of the molecule is NCC(O)CN1CCN(c2ccc(F)cc2)CC1. The third-order valence-electron chi connectivity index (χ3n) is 3.31. The maximum absolute atomic E-state index is 12.8. The van der Waals surface area contributed by atoms with Crippen molar-refractivity contribution < 1.29 is 9.50 Å². The Morgan fingerprint density at radius 1 is 1.17 bits per heavy atom. The van der Waals surface area contributed by atoms with Gasteiger partial charge in [0, 0.05) is 45.0 Å². The van der Waals surface area contributed by atoms with E-state index in [1.54, 1.807) is 12.1 Å². The van der Waals surface area contributed by atoms with Crippen LogP contribution in [0.4, 0.5) is 10.1 Å². The Morgan fingerprint density at radius 2 is 1.78 bits per heavy atom. The van der Waals surface area contributed by atoms with E-state index >= 15 is 0 Å². The average molecular weight is 253 g/mol. The number of anilines is 1. The van der Waals surface area contributed by atoms with Crippen LogP contribution < -0.4 is 10.6 Å². The van der Waals surface area contributed by atoms with Gasteiger partial charge in [-0.15, -0.1) is 0 Å². The van der Waals surface area contributed by atoms with Crippen molar-refractivity contribution in [2.24, 2.45) is 5.73 Å². The van der Waals surface area contributed by atoms with Gasteiger partial charge in [-0.2, -0.15) is 0 Å². The van der Waals surface area contributed by atoms with Gasteiger partial charge in [0.2, 0.25) is 0 Å². The molecular formula is C13H20FN3O. The molecule has 0 aliphatic carbocycles. The molecule has 0 spiro atoms. The van der Waals surface area contributed by atoms with Crippen molar-refractivity contribution in [3.63, 3.8) is 0 Å². The molecule has 5 heteroatoms. The fourth-order valence-corrected chi connectivity index (χ4v) is 2.21. The maximum Gasteiger partial charge on any atom is 0.123 e. The van der Waals surface area contributed by atoms with E-state index in [1.165, 1.54) is 12.1 Å². The fourth-order valence-electron chi connectivity index (χ4n) is 2.21. The van der Waals surface area contributed by atoms with E-state index in [2.05, 4.69) is 9.80 Å². The molecule has 2 rings (SSSR count). The Hall–Kier alpha value is -1.17. The van der Waals surface area contributed by atoms with Crippen LogP contribution in [0.25, 0.3) is 0 Å². The number of piperazine rings is 1. The molecule has 100 valence electrons. The monoisotopic (exact) mass is 253 g/mol. The molecule has 4 nitrogen and oxygen atoms in total. The Bertz CT molecular complexity index is 363. The Labute approximate surface area is 107 Å². The molecule has 1 aromatic carbocycles. The zero-order valence-corrected chi connectivity index (χ0v) is 10.4. The van der Waals surface area contributed by atoms with Crippen LogP contribution in [0, 0.1) is 5.82 Å². The minimum absolute atomic E-state index is 0.205. The number of halogens is 1. The molecule has 0 saturated carbocycles. The summed E-state index contributed by atoms with van der Waals surface area (Å²) < 4.78 is 12.8. The molecule has 0 bridgehead atoms. The molecule has 0 amide bonds. The van der Waals surface area contributed by atoms with Crippen molar-refractivity contribution in [2.45, 2.75) is 6.10 Å². The van der Waals surface area contributed by atoms with Crippen LogP contribution in [-0.2, 0) is 0 Å². The lowest BCUT2D eigenvalue weighted by Gasteiger charge is -2.36. The summed E-state index contributed by atoms with van der Waals surface area (Å²) in [4.78, 5) is 4.43. The van der Waals surface area contributed by atoms with Gasteiger partial charge in [-0.3, -0.25) is 4.90 Å².